The van der Waals surface area contributed by atoms with E-state index in [1.54, 1.807) is 42.6 Å². The van der Waals surface area contributed by atoms with Gasteiger partial charge in [0.1, 0.15) is 11.4 Å². The Kier molecular flexibility index (Phi) is 5.21. The number of amides is 1. The molecule has 0 radical (unpaired) electrons. The summed E-state index contributed by atoms with van der Waals surface area (Å²) in [5.41, 5.74) is 0.726. The van der Waals surface area contributed by atoms with E-state index in [9.17, 15) is 14.9 Å². The summed E-state index contributed by atoms with van der Waals surface area (Å²) in [6.45, 7) is 0. The summed E-state index contributed by atoms with van der Waals surface area (Å²) in [5, 5.41) is 14.3. The van der Waals surface area contributed by atoms with Crippen LogP contribution in [-0.2, 0) is 0 Å². The average molecular weight is 400 g/mol. The summed E-state index contributed by atoms with van der Waals surface area (Å²) in [5.74, 6) is 0.598. The molecule has 0 bridgehead atoms. The summed E-state index contributed by atoms with van der Waals surface area (Å²) in [4.78, 5) is 27.7. The highest BCUT2D eigenvalue weighted by atomic mass is 16.6. The van der Waals surface area contributed by atoms with Crippen LogP contribution in [0.25, 0.3) is 5.69 Å². The molecule has 0 saturated carbocycles. The number of ether oxygens (including phenoxy) is 1. The van der Waals surface area contributed by atoms with Gasteiger partial charge in [0.15, 0.2) is 5.75 Å². The molecule has 8 heteroatoms. The number of nitrogens with one attached hydrogen (secondary N) is 1. The van der Waals surface area contributed by atoms with Gasteiger partial charge in [-0.15, -0.1) is 0 Å². The Morgan fingerprint density at radius 3 is 2.53 bits per heavy atom. The maximum Gasteiger partial charge on any atom is 0.294 e. The molecule has 0 aliphatic heterocycles. The fourth-order valence-corrected chi connectivity index (χ4v) is 2.90. The predicted octanol–water partition coefficient (Wildman–Crippen LogP) is 4.83. The number of carbonyl (C=O) groups is 1. The molecule has 30 heavy (non-hydrogen) atoms. The van der Waals surface area contributed by atoms with Crippen LogP contribution in [0.15, 0.2) is 91.5 Å². The van der Waals surface area contributed by atoms with Crippen LogP contribution in [0.2, 0.25) is 0 Å². The largest absolute Gasteiger partial charge is 0.455 e. The van der Waals surface area contributed by atoms with Crippen molar-refractivity contribution in [2.75, 3.05) is 5.32 Å². The Morgan fingerprint density at radius 2 is 1.80 bits per heavy atom. The van der Waals surface area contributed by atoms with Crippen molar-refractivity contribution in [2.45, 2.75) is 0 Å². The van der Waals surface area contributed by atoms with Gasteiger partial charge in [0.2, 0.25) is 0 Å². The van der Waals surface area contributed by atoms with Crippen LogP contribution in [-0.4, -0.2) is 20.4 Å². The molecule has 0 aliphatic rings. The van der Waals surface area contributed by atoms with Gasteiger partial charge in [-0.1, -0.05) is 30.3 Å². The summed E-state index contributed by atoms with van der Waals surface area (Å²) in [6.07, 6.45) is 4.58. The number of nitro groups is 1. The summed E-state index contributed by atoms with van der Waals surface area (Å²) >= 11 is 0. The van der Waals surface area contributed by atoms with Crippen molar-refractivity contribution >= 4 is 17.3 Å². The van der Waals surface area contributed by atoms with Crippen molar-refractivity contribution in [3.8, 4) is 17.2 Å². The van der Waals surface area contributed by atoms with Crippen LogP contribution >= 0.6 is 0 Å². The van der Waals surface area contributed by atoms with E-state index in [0.29, 0.717) is 22.9 Å². The van der Waals surface area contributed by atoms with Gasteiger partial charge >= 0.3 is 0 Å². The van der Waals surface area contributed by atoms with Crippen LogP contribution in [0.1, 0.15) is 10.4 Å². The minimum absolute atomic E-state index is 0.153. The molecule has 0 atom stereocenters. The highest BCUT2D eigenvalue weighted by Gasteiger charge is 2.19. The first kappa shape index (κ1) is 18.9. The second-order valence-corrected chi connectivity index (χ2v) is 6.30. The van der Waals surface area contributed by atoms with Gasteiger partial charge in [-0.2, -0.15) is 0 Å². The van der Waals surface area contributed by atoms with Crippen molar-refractivity contribution < 1.29 is 14.5 Å². The number of rotatable bonds is 6. The highest BCUT2D eigenvalue weighted by Crippen LogP contribution is 2.30. The van der Waals surface area contributed by atoms with Crippen LogP contribution in [0.5, 0.6) is 11.5 Å². The van der Waals surface area contributed by atoms with Crippen molar-refractivity contribution in [1.82, 2.24) is 9.55 Å². The van der Waals surface area contributed by atoms with Crippen LogP contribution in [0, 0.1) is 10.1 Å². The lowest BCUT2D eigenvalue weighted by atomic mass is 10.1. The minimum Gasteiger partial charge on any atom is -0.455 e. The van der Waals surface area contributed by atoms with Crippen molar-refractivity contribution in [3.63, 3.8) is 0 Å². The monoisotopic (exact) mass is 400 g/mol. The molecule has 4 aromatic rings. The summed E-state index contributed by atoms with van der Waals surface area (Å²) in [6, 6.07) is 20.4. The number of para-hydroxylation sites is 3. The van der Waals surface area contributed by atoms with Crippen LogP contribution in [0.3, 0.4) is 0 Å². The van der Waals surface area contributed by atoms with Gasteiger partial charge in [-0.05, 0) is 36.4 Å². The lowest BCUT2D eigenvalue weighted by Crippen LogP contribution is -2.13. The molecule has 0 aliphatic carbocycles. The van der Waals surface area contributed by atoms with E-state index >= 15 is 0 Å². The van der Waals surface area contributed by atoms with Gasteiger partial charge in [0.25, 0.3) is 11.6 Å². The van der Waals surface area contributed by atoms with Crippen molar-refractivity contribution in [1.29, 1.82) is 0 Å². The molecule has 1 amide bonds. The van der Waals surface area contributed by atoms with Gasteiger partial charge in [0, 0.05) is 24.0 Å². The first-order valence-corrected chi connectivity index (χ1v) is 9.02. The molecule has 1 N–H and O–H groups in total. The maximum atomic E-state index is 12.8. The number of imidazole rings is 1. The summed E-state index contributed by atoms with van der Waals surface area (Å²) in [7, 11) is 0. The standard InChI is InChI=1S/C22H16N4O4/c27-22(16-10-11-19(20(14-16)26(28)29)25-13-12-23-15-25)24-18-8-4-5-9-21(18)30-17-6-2-1-3-7-17/h1-15H,(H,24,27). The molecule has 4 rings (SSSR count). The first-order chi connectivity index (χ1) is 14.6. The third kappa shape index (κ3) is 4.02. The van der Waals surface area contributed by atoms with E-state index < -0.39 is 10.8 Å². The highest BCUT2D eigenvalue weighted by molar-refractivity contribution is 6.05. The van der Waals surface area contributed by atoms with E-state index in [0.717, 1.165) is 0 Å². The van der Waals surface area contributed by atoms with Gasteiger partial charge in [-0.3, -0.25) is 14.9 Å². The molecule has 3 aromatic carbocycles. The third-order valence-electron chi connectivity index (χ3n) is 4.32. The fourth-order valence-electron chi connectivity index (χ4n) is 2.90. The van der Waals surface area contributed by atoms with Crippen LogP contribution in [0.4, 0.5) is 11.4 Å². The lowest BCUT2D eigenvalue weighted by Gasteiger charge is -2.12. The molecular weight excluding hydrogens is 384 g/mol. The smallest absolute Gasteiger partial charge is 0.294 e. The number of hydrogen-bond acceptors (Lipinski definition) is 5. The first-order valence-electron chi connectivity index (χ1n) is 9.02. The molecule has 0 unspecified atom stereocenters. The normalized spacial score (nSPS) is 10.4. The fraction of sp³-hybridized carbons (Fsp3) is 0. The number of hydrogen-bond donors (Lipinski definition) is 1. The molecule has 8 nitrogen and oxygen atoms in total. The average Bonchev–Trinajstić information content (AvgIpc) is 3.30. The zero-order valence-electron chi connectivity index (χ0n) is 15.6. The predicted molar refractivity (Wildman–Crippen MR) is 111 cm³/mol. The number of nitro benzene ring substituents is 1. The van der Waals surface area contributed by atoms with Crippen molar-refractivity contribution in [3.05, 3.63) is 107 Å². The van der Waals surface area contributed by atoms with Gasteiger partial charge in [0.05, 0.1) is 16.9 Å². The molecule has 0 saturated heterocycles. The van der Waals surface area contributed by atoms with Crippen LogP contribution < -0.4 is 10.1 Å². The SMILES string of the molecule is O=C(Nc1ccccc1Oc1ccccc1)c1ccc(-n2ccnc2)c([N+](=O)[O-])c1. The molecule has 1 heterocycles. The molecule has 0 spiro atoms. The van der Waals surface area contributed by atoms with E-state index in [2.05, 4.69) is 10.3 Å². The number of carbonyl (C=O) groups excluding carboxylic acids is 1. The topological polar surface area (TPSA) is 99.3 Å². The van der Waals surface area contributed by atoms with E-state index in [1.807, 2.05) is 18.2 Å². The van der Waals surface area contributed by atoms with Gasteiger partial charge < -0.3 is 14.6 Å². The molecule has 1 aromatic heterocycles. The summed E-state index contributed by atoms with van der Waals surface area (Å²) < 4.78 is 7.36. The Bertz CT molecular complexity index is 1190. The second-order valence-electron chi connectivity index (χ2n) is 6.30. The quantitative estimate of drug-likeness (QED) is 0.369. The number of benzene rings is 3. The second kappa shape index (κ2) is 8.27. The third-order valence-corrected chi connectivity index (χ3v) is 4.32. The minimum atomic E-state index is -0.529. The molecule has 148 valence electrons. The molecular formula is C22H16N4O4. The zero-order chi connectivity index (χ0) is 20.9. The Hall–Kier alpha value is -4.46. The Labute approximate surface area is 171 Å². The van der Waals surface area contributed by atoms with E-state index in [4.69, 9.17) is 4.74 Å². The Balaban J connectivity index is 1.61. The Morgan fingerprint density at radius 1 is 1.03 bits per heavy atom. The molecule has 0 fully saturated rings. The number of nitrogens with zero attached hydrogens (tertiary/aromatic N) is 3. The number of anilines is 1. The van der Waals surface area contributed by atoms with Gasteiger partial charge in [-0.25, -0.2) is 4.98 Å². The maximum absolute atomic E-state index is 12.8. The lowest BCUT2D eigenvalue weighted by molar-refractivity contribution is -0.384. The van der Waals surface area contributed by atoms with Crippen molar-refractivity contribution in [2.24, 2.45) is 0 Å². The van der Waals surface area contributed by atoms with E-state index in [-0.39, 0.29) is 11.3 Å². The number of aromatic nitrogens is 2. The van der Waals surface area contributed by atoms with E-state index in [1.165, 1.54) is 35.3 Å². The zero-order valence-corrected chi connectivity index (χ0v) is 15.6.